The number of nitrogens with zero attached hydrogens (tertiary/aromatic N) is 2. The van der Waals surface area contributed by atoms with Crippen LogP contribution in [0.15, 0.2) is 53.4 Å². The molecule has 0 bridgehead atoms. The molecule has 1 aliphatic heterocycles. The van der Waals surface area contributed by atoms with Gasteiger partial charge in [0.05, 0.1) is 6.04 Å². The predicted molar refractivity (Wildman–Crippen MR) is 106 cm³/mol. The summed E-state index contributed by atoms with van der Waals surface area (Å²) in [6, 6.07) is 12.5. The molecule has 1 atom stereocenters. The first kappa shape index (κ1) is 20.4. The minimum absolute atomic E-state index is 0.139. The van der Waals surface area contributed by atoms with E-state index in [1.54, 1.807) is 6.92 Å². The second kappa shape index (κ2) is 8.38. The fourth-order valence-electron chi connectivity index (χ4n) is 3.24. The summed E-state index contributed by atoms with van der Waals surface area (Å²) in [5.41, 5.74) is 1.74. The molecule has 1 aliphatic rings. The summed E-state index contributed by atoms with van der Waals surface area (Å²) in [4.78, 5) is 14.2. The third-order valence-corrected chi connectivity index (χ3v) is 6.99. The molecule has 1 fully saturated rings. The number of piperazine rings is 1. The SMILES string of the molecule is Cc1ccccc1NC(=O)C(C)N1CCN(S(=O)(=O)c2ccccc2F)CC1. The molecule has 0 saturated carbocycles. The van der Waals surface area contributed by atoms with Crippen LogP contribution in [-0.2, 0) is 14.8 Å². The van der Waals surface area contributed by atoms with Crippen LogP contribution in [0.2, 0.25) is 0 Å². The summed E-state index contributed by atoms with van der Waals surface area (Å²) in [5.74, 6) is -0.893. The number of anilines is 1. The topological polar surface area (TPSA) is 69.7 Å². The summed E-state index contributed by atoms with van der Waals surface area (Å²) >= 11 is 0. The number of nitrogens with one attached hydrogen (secondary N) is 1. The largest absolute Gasteiger partial charge is 0.324 e. The van der Waals surface area contributed by atoms with Crippen molar-refractivity contribution in [2.75, 3.05) is 31.5 Å². The van der Waals surface area contributed by atoms with Gasteiger partial charge in [0.25, 0.3) is 0 Å². The second-order valence-electron chi connectivity index (χ2n) is 6.85. The van der Waals surface area contributed by atoms with Crippen molar-refractivity contribution in [3.63, 3.8) is 0 Å². The molecule has 1 N–H and O–H groups in total. The quantitative estimate of drug-likeness (QED) is 0.830. The number of sulfonamides is 1. The Labute approximate surface area is 165 Å². The lowest BCUT2D eigenvalue weighted by Crippen LogP contribution is -2.54. The standard InChI is InChI=1S/C20H24FN3O3S/c1-15-7-3-5-9-18(15)22-20(25)16(2)23-11-13-24(14-12-23)28(26,27)19-10-6-4-8-17(19)21/h3-10,16H,11-14H2,1-2H3,(H,22,25). The first-order valence-electron chi connectivity index (χ1n) is 9.16. The van der Waals surface area contributed by atoms with Crippen LogP contribution in [0.4, 0.5) is 10.1 Å². The fraction of sp³-hybridized carbons (Fsp3) is 0.350. The van der Waals surface area contributed by atoms with Crippen LogP contribution >= 0.6 is 0 Å². The van der Waals surface area contributed by atoms with Gasteiger partial charge < -0.3 is 5.32 Å². The second-order valence-corrected chi connectivity index (χ2v) is 8.76. The van der Waals surface area contributed by atoms with Crippen molar-refractivity contribution >= 4 is 21.6 Å². The van der Waals surface area contributed by atoms with E-state index < -0.39 is 21.9 Å². The van der Waals surface area contributed by atoms with E-state index in [4.69, 9.17) is 0 Å². The minimum Gasteiger partial charge on any atom is -0.324 e. The molecule has 0 radical (unpaired) electrons. The number of hydrogen-bond donors (Lipinski definition) is 1. The van der Waals surface area contributed by atoms with Gasteiger partial charge in [-0.15, -0.1) is 0 Å². The molecule has 150 valence electrons. The van der Waals surface area contributed by atoms with E-state index >= 15 is 0 Å². The third-order valence-electron chi connectivity index (χ3n) is 5.06. The van der Waals surface area contributed by atoms with Gasteiger partial charge in [-0.1, -0.05) is 30.3 Å². The average molecular weight is 405 g/mol. The van der Waals surface area contributed by atoms with Crippen LogP contribution in [0, 0.1) is 12.7 Å². The lowest BCUT2D eigenvalue weighted by molar-refractivity contribution is -0.121. The van der Waals surface area contributed by atoms with Crippen LogP contribution in [-0.4, -0.2) is 55.8 Å². The number of benzene rings is 2. The molecule has 28 heavy (non-hydrogen) atoms. The fourth-order valence-corrected chi connectivity index (χ4v) is 4.73. The zero-order valence-corrected chi connectivity index (χ0v) is 16.7. The van der Waals surface area contributed by atoms with E-state index in [1.807, 2.05) is 36.1 Å². The van der Waals surface area contributed by atoms with Crippen molar-refractivity contribution in [3.05, 3.63) is 59.9 Å². The summed E-state index contributed by atoms with van der Waals surface area (Å²) in [7, 11) is -3.89. The van der Waals surface area contributed by atoms with Crippen LogP contribution in [0.25, 0.3) is 0 Å². The van der Waals surface area contributed by atoms with Gasteiger partial charge in [-0.25, -0.2) is 12.8 Å². The van der Waals surface area contributed by atoms with E-state index in [0.717, 1.165) is 17.3 Å². The zero-order chi connectivity index (χ0) is 20.3. The first-order valence-corrected chi connectivity index (χ1v) is 10.6. The summed E-state index contributed by atoms with van der Waals surface area (Å²) < 4.78 is 40.6. The Morgan fingerprint density at radius 2 is 1.64 bits per heavy atom. The Hall–Kier alpha value is -2.29. The number of carbonyl (C=O) groups is 1. The van der Waals surface area contributed by atoms with E-state index in [2.05, 4.69) is 5.32 Å². The maximum Gasteiger partial charge on any atom is 0.246 e. The molecule has 1 heterocycles. The Bertz CT molecular complexity index is 957. The van der Waals surface area contributed by atoms with Crippen molar-refractivity contribution in [2.24, 2.45) is 0 Å². The van der Waals surface area contributed by atoms with Crippen LogP contribution in [0.1, 0.15) is 12.5 Å². The lowest BCUT2D eigenvalue weighted by atomic mass is 10.2. The maximum atomic E-state index is 13.9. The highest BCUT2D eigenvalue weighted by Crippen LogP contribution is 2.21. The molecule has 1 amide bonds. The summed E-state index contributed by atoms with van der Waals surface area (Å²) in [6.45, 7) is 4.94. The Balaban J connectivity index is 1.62. The predicted octanol–water partition coefficient (Wildman–Crippen LogP) is 2.47. The maximum absolute atomic E-state index is 13.9. The van der Waals surface area contributed by atoms with Gasteiger partial charge in [0.15, 0.2) is 0 Å². The van der Waals surface area contributed by atoms with Crippen molar-refractivity contribution in [1.29, 1.82) is 0 Å². The highest BCUT2D eigenvalue weighted by atomic mass is 32.2. The van der Waals surface area contributed by atoms with Crippen LogP contribution < -0.4 is 5.32 Å². The minimum atomic E-state index is -3.89. The van der Waals surface area contributed by atoms with E-state index in [9.17, 15) is 17.6 Å². The molecule has 1 saturated heterocycles. The molecule has 3 rings (SSSR count). The molecule has 0 aliphatic carbocycles. The third kappa shape index (κ3) is 4.24. The van der Waals surface area contributed by atoms with Gasteiger partial charge in [-0.2, -0.15) is 4.31 Å². The highest BCUT2D eigenvalue weighted by molar-refractivity contribution is 7.89. The molecular formula is C20H24FN3O3S. The van der Waals surface area contributed by atoms with E-state index in [0.29, 0.717) is 13.1 Å². The Morgan fingerprint density at radius 3 is 2.29 bits per heavy atom. The van der Waals surface area contributed by atoms with Crippen molar-refractivity contribution < 1.29 is 17.6 Å². The number of hydrogen-bond acceptors (Lipinski definition) is 4. The molecule has 6 nitrogen and oxygen atoms in total. The van der Waals surface area contributed by atoms with Gasteiger partial charge in [-0.3, -0.25) is 9.69 Å². The first-order chi connectivity index (χ1) is 13.3. The van der Waals surface area contributed by atoms with Crippen molar-refractivity contribution in [3.8, 4) is 0 Å². The number of aryl methyl sites for hydroxylation is 1. The van der Waals surface area contributed by atoms with Gasteiger partial charge >= 0.3 is 0 Å². The van der Waals surface area contributed by atoms with Gasteiger partial charge in [0.2, 0.25) is 15.9 Å². The number of amides is 1. The lowest BCUT2D eigenvalue weighted by Gasteiger charge is -2.36. The Kier molecular flexibility index (Phi) is 6.12. The Morgan fingerprint density at radius 1 is 1.04 bits per heavy atom. The highest BCUT2D eigenvalue weighted by Gasteiger charge is 2.33. The average Bonchev–Trinajstić information content (AvgIpc) is 2.69. The molecular weight excluding hydrogens is 381 g/mol. The molecule has 2 aromatic rings. The molecule has 8 heteroatoms. The number of halogens is 1. The zero-order valence-electron chi connectivity index (χ0n) is 15.9. The molecule has 0 spiro atoms. The summed E-state index contributed by atoms with van der Waals surface area (Å²) in [6.07, 6.45) is 0. The smallest absolute Gasteiger partial charge is 0.246 e. The van der Waals surface area contributed by atoms with E-state index in [1.165, 1.54) is 22.5 Å². The van der Waals surface area contributed by atoms with Gasteiger partial charge in [0, 0.05) is 31.9 Å². The van der Waals surface area contributed by atoms with E-state index in [-0.39, 0.29) is 23.9 Å². The van der Waals surface area contributed by atoms with Gasteiger partial charge in [-0.05, 0) is 37.6 Å². The van der Waals surface area contributed by atoms with Crippen molar-refractivity contribution in [2.45, 2.75) is 24.8 Å². The van der Waals surface area contributed by atoms with Gasteiger partial charge in [0.1, 0.15) is 10.7 Å². The van der Waals surface area contributed by atoms with Crippen molar-refractivity contribution in [1.82, 2.24) is 9.21 Å². The number of para-hydroxylation sites is 1. The molecule has 1 unspecified atom stereocenters. The summed E-state index contributed by atoms with van der Waals surface area (Å²) in [5, 5.41) is 2.92. The normalized spacial score (nSPS) is 17.2. The monoisotopic (exact) mass is 405 g/mol. The number of rotatable bonds is 5. The molecule has 2 aromatic carbocycles. The van der Waals surface area contributed by atoms with Crippen LogP contribution in [0.3, 0.4) is 0 Å². The molecule has 0 aromatic heterocycles. The van der Waals surface area contributed by atoms with Crippen LogP contribution in [0.5, 0.6) is 0 Å². The number of carbonyl (C=O) groups excluding carboxylic acids is 1.